The molecular formula is C14H20FNO2. The molecule has 1 aromatic carbocycles. The second kappa shape index (κ2) is 5.67. The van der Waals surface area contributed by atoms with Crippen LogP contribution in [-0.4, -0.2) is 26.8 Å². The van der Waals surface area contributed by atoms with Crippen molar-refractivity contribution in [2.45, 2.75) is 25.9 Å². The Bertz CT molecular complexity index is 415. The Balaban J connectivity index is 2.41. The number of nitrogens with one attached hydrogen (secondary N) is 1. The van der Waals surface area contributed by atoms with Crippen molar-refractivity contribution in [1.29, 1.82) is 0 Å². The lowest BCUT2D eigenvalue weighted by Gasteiger charge is -2.26. The van der Waals surface area contributed by atoms with Gasteiger partial charge in [-0.05, 0) is 23.6 Å². The lowest BCUT2D eigenvalue weighted by molar-refractivity contribution is 0.0259. The standard InChI is InChI=1S/C14H20FNO2/c1-9(2)10-6-11(13-8-16-4-5-18-13)14(17-3)12(15)7-10/h6-7,9,13,16H,4-5,8H2,1-3H3. The first-order chi connectivity index (χ1) is 8.63. The molecule has 0 radical (unpaired) electrons. The molecule has 1 fully saturated rings. The molecule has 0 bridgehead atoms. The summed E-state index contributed by atoms with van der Waals surface area (Å²) in [4.78, 5) is 0. The maximum Gasteiger partial charge on any atom is 0.165 e. The van der Waals surface area contributed by atoms with Crippen molar-refractivity contribution in [3.8, 4) is 5.75 Å². The third kappa shape index (κ3) is 2.65. The highest BCUT2D eigenvalue weighted by atomic mass is 19.1. The van der Waals surface area contributed by atoms with E-state index in [9.17, 15) is 4.39 Å². The van der Waals surface area contributed by atoms with Gasteiger partial charge in [0.15, 0.2) is 11.6 Å². The highest BCUT2D eigenvalue weighted by Crippen LogP contribution is 2.34. The third-order valence-electron chi connectivity index (χ3n) is 3.24. The van der Waals surface area contributed by atoms with Crippen molar-refractivity contribution in [3.05, 3.63) is 29.1 Å². The summed E-state index contributed by atoms with van der Waals surface area (Å²) >= 11 is 0. The predicted octanol–water partition coefficient (Wildman–Crippen LogP) is 2.62. The van der Waals surface area contributed by atoms with Crippen LogP contribution in [0.5, 0.6) is 5.75 Å². The van der Waals surface area contributed by atoms with E-state index in [2.05, 4.69) is 5.32 Å². The van der Waals surface area contributed by atoms with E-state index in [1.807, 2.05) is 19.9 Å². The molecule has 0 spiro atoms. The van der Waals surface area contributed by atoms with Crippen LogP contribution in [-0.2, 0) is 4.74 Å². The van der Waals surface area contributed by atoms with Gasteiger partial charge in [-0.25, -0.2) is 4.39 Å². The van der Waals surface area contributed by atoms with Crippen molar-refractivity contribution in [2.75, 3.05) is 26.8 Å². The van der Waals surface area contributed by atoms with Crippen LogP contribution in [0.1, 0.15) is 37.0 Å². The molecule has 1 saturated heterocycles. The molecule has 1 aliphatic rings. The summed E-state index contributed by atoms with van der Waals surface area (Å²) in [6, 6.07) is 3.54. The summed E-state index contributed by atoms with van der Waals surface area (Å²) in [6.45, 7) is 6.26. The molecule has 1 atom stereocenters. The zero-order chi connectivity index (χ0) is 13.1. The van der Waals surface area contributed by atoms with Crippen molar-refractivity contribution >= 4 is 0 Å². The van der Waals surface area contributed by atoms with Gasteiger partial charge < -0.3 is 14.8 Å². The van der Waals surface area contributed by atoms with Gasteiger partial charge >= 0.3 is 0 Å². The number of hydrogen-bond acceptors (Lipinski definition) is 3. The third-order valence-corrected chi connectivity index (χ3v) is 3.24. The highest BCUT2D eigenvalue weighted by molar-refractivity contribution is 5.41. The molecule has 100 valence electrons. The predicted molar refractivity (Wildman–Crippen MR) is 68.6 cm³/mol. The molecule has 4 heteroatoms. The number of rotatable bonds is 3. The van der Waals surface area contributed by atoms with E-state index in [1.54, 1.807) is 6.07 Å². The van der Waals surface area contributed by atoms with Crippen LogP contribution >= 0.6 is 0 Å². The fraction of sp³-hybridized carbons (Fsp3) is 0.571. The van der Waals surface area contributed by atoms with Gasteiger partial charge in [0.1, 0.15) is 0 Å². The van der Waals surface area contributed by atoms with Gasteiger partial charge in [-0.1, -0.05) is 13.8 Å². The van der Waals surface area contributed by atoms with E-state index in [0.29, 0.717) is 18.9 Å². The summed E-state index contributed by atoms with van der Waals surface area (Å²) in [5.74, 6) is 0.265. The Hall–Kier alpha value is -1.13. The average molecular weight is 253 g/mol. The van der Waals surface area contributed by atoms with Crippen molar-refractivity contribution in [2.24, 2.45) is 0 Å². The minimum atomic E-state index is -0.312. The number of halogens is 1. The summed E-state index contributed by atoms with van der Waals surface area (Å²) in [7, 11) is 1.49. The van der Waals surface area contributed by atoms with Gasteiger partial charge in [0.25, 0.3) is 0 Å². The Morgan fingerprint density at radius 3 is 2.78 bits per heavy atom. The zero-order valence-electron chi connectivity index (χ0n) is 11.1. The quantitative estimate of drug-likeness (QED) is 0.898. The van der Waals surface area contributed by atoms with Gasteiger partial charge in [-0.3, -0.25) is 0 Å². The van der Waals surface area contributed by atoms with Crippen LogP contribution in [0, 0.1) is 5.82 Å². The summed E-state index contributed by atoms with van der Waals surface area (Å²) < 4.78 is 24.9. The van der Waals surface area contributed by atoms with E-state index in [-0.39, 0.29) is 17.8 Å². The van der Waals surface area contributed by atoms with E-state index in [4.69, 9.17) is 9.47 Å². The second-order valence-corrected chi connectivity index (χ2v) is 4.84. The van der Waals surface area contributed by atoms with Gasteiger partial charge in [0.2, 0.25) is 0 Å². The molecule has 0 amide bonds. The molecule has 1 unspecified atom stereocenters. The largest absolute Gasteiger partial charge is 0.493 e. The lowest BCUT2D eigenvalue weighted by atomic mass is 9.97. The monoisotopic (exact) mass is 253 g/mol. The van der Waals surface area contributed by atoms with Crippen LogP contribution in [0.2, 0.25) is 0 Å². The number of hydrogen-bond donors (Lipinski definition) is 1. The Morgan fingerprint density at radius 1 is 1.44 bits per heavy atom. The molecule has 0 aromatic heterocycles. The number of ether oxygens (including phenoxy) is 2. The molecule has 1 heterocycles. The first-order valence-corrected chi connectivity index (χ1v) is 6.33. The van der Waals surface area contributed by atoms with Crippen molar-refractivity contribution in [1.82, 2.24) is 5.32 Å². The SMILES string of the molecule is COc1c(F)cc(C(C)C)cc1C1CNCCO1. The lowest BCUT2D eigenvalue weighted by Crippen LogP contribution is -2.33. The van der Waals surface area contributed by atoms with E-state index in [1.165, 1.54) is 7.11 Å². The molecule has 1 aromatic rings. The van der Waals surface area contributed by atoms with Crippen molar-refractivity contribution in [3.63, 3.8) is 0 Å². The van der Waals surface area contributed by atoms with Crippen LogP contribution in [0.4, 0.5) is 4.39 Å². The number of benzene rings is 1. The number of morpholine rings is 1. The molecule has 18 heavy (non-hydrogen) atoms. The first-order valence-electron chi connectivity index (χ1n) is 6.33. The molecular weight excluding hydrogens is 233 g/mol. The Kier molecular flexibility index (Phi) is 4.19. The Labute approximate surface area is 107 Å². The summed E-state index contributed by atoms with van der Waals surface area (Å²) in [5.41, 5.74) is 1.77. The zero-order valence-corrected chi connectivity index (χ0v) is 11.1. The molecule has 2 rings (SSSR count). The molecule has 0 saturated carbocycles. The fourth-order valence-corrected chi connectivity index (χ4v) is 2.19. The van der Waals surface area contributed by atoms with E-state index in [0.717, 1.165) is 17.7 Å². The fourth-order valence-electron chi connectivity index (χ4n) is 2.19. The van der Waals surface area contributed by atoms with Gasteiger partial charge in [0.05, 0.1) is 19.8 Å². The number of methoxy groups -OCH3 is 1. The molecule has 3 nitrogen and oxygen atoms in total. The highest BCUT2D eigenvalue weighted by Gasteiger charge is 2.23. The molecule has 1 aliphatic heterocycles. The summed E-state index contributed by atoms with van der Waals surface area (Å²) in [5, 5.41) is 3.25. The van der Waals surface area contributed by atoms with Crippen LogP contribution in [0.25, 0.3) is 0 Å². The molecule has 0 aliphatic carbocycles. The maximum atomic E-state index is 14.0. The topological polar surface area (TPSA) is 30.5 Å². The second-order valence-electron chi connectivity index (χ2n) is 4.84. The normalized spacial score (nSPS) is 20.2. The van der Waals surface area contributed by atoms with Gasteiger partial charge in [0, 0.05) is 18.7 Å². The smallest absolute Gasteiger partial charge is 0.165 e. The van der Waals surface area contributed by atoms with Gasteiger partial charge in [-0.2, -0.15) is 0 Å². The minimum absolute atomic E-state index is 0.137. The van der Waals surface area contributed by atoms with Crippen molar-refractivity contribution < 1.29 is 13.9 Å². The van der Waals surface area contributed by atoms with Crippen LogP contribution in [0.15, 0.2) is 12.1 Å². The van der Waals surface area contributed by atoms with Crippen LogP contribution < -0.4 is 10.1 Å². The van der Waals surface area contributed by atoms with Gasteiger partial charge in [-0.15, -0.1) is 0 Å². The average Bonchev–Trinajstić information content (AvgIpc) is 2.38. The minimum Gasteiger partial charge on any atom is -0.493 e. The maximum absolute atomic E-state index is 14.0. The van der Waals surface area contributed by atoms with Crippen LogP contribution in [0.3, 0.4) is 0 Å². The summed E-state index contributed by atoms with van der Waals surface area (Å²) in [6.07, 6.45) is -0.137. The first kappa shape index (κ1) is 13.3. The Morgan fingerprint density at radius 2 is 2.22 bits per heavy atom. The van der Waals surface area contributed by atoms with E-state index < -0.39 is 0 Å². The molecule has 1 N–H and O–H groups in total. The van der Waals surface area contributed by atoms with E-state index >= 15 is 0 Å².